The summed E-state index contributed by atoms with van der Waals surface area (Å²) in [4.78, 5) is 0. The smallest absolute Gasteiger partial charge is 0.113 e. The number of furan rings is 1. The van der Waals surface area contributed by atoms with Crippen molar-refractivity contribution in [1.29, 1.82) is 0 Å². The monoisotopic (exact) mass is 241 g/mol. The van der Waals surface area contributed by atoms with Crippen LogP contribution in [0.5, 0.6) is 0 Å². The van der Waals surface area contributed by atoms with Crippen LogP contribution in [0, 0.1) is 0 Å². The Balaban J connectivity index is 2.40. The first kappa shape index (κ1) is 13.7. The summed E-state index contributed by atoms with van der Waals surface area (Å²) in [6.45, 7) is 4.51. The highest BCUT2D eigenvalue weighted by Gasteiger charge is 2.18. The lowest BCUT2D eigenvalue weighted by molar-refractivity contribution is 0.488. The van der Waals surface area contributed by atoms with E-state index in [0.29, 0.717) is 11.3 Å². The molecule has 0 aliphatic rings. The van der Waals surface area contributed by atoms with Crippen molar-refractivity contribution in [3.63, 3.8) is 0 Å². The molecule has 1 rings (SSSR count). The van der Waals surface area contributed by atoms with Gasteiger partial charge in [0.1, 0.15) is 5.76 Å². The highest BCUT2D eigenvalue weighted by molar-refractivity contribution is 7.99. The number of nitrogens with one attached hydrogen (secondary N) is 1. The van der Waals surface area contributed by atoms with Gasteiger partial charge in [0, 0.05) is 11.3 Å². The van der Waals surface area contributed by atoms with Crippen molar-refractivity contribution in [2.24, 2.45) is 0 Å². The molecule has 1 aromatic rings. The van der Waals surface area contributed by atoms with Gasteiger partial charge >= 0.3 is 0 Å². The van der Waals surface area contributed by atoms with Gasteiger partial charge in [0.2, 0.25) is 0 Å². The van der Waals surface area contributed by atoms with E-state index in [1.165, 1.54) is 19.3 Å². The van der Waals surface area contributed by atoms with Crippen molar-refractivity contribution >= 4 is 11.8 Å². The van der Waals surface area contributed by atoms with Crippen molar-refractivity contribution in [1.82, 2.24) is 5.32 Å². The van der Waals surface area contributed by atoms with E-state index in [4.69, 9.17) is 4.42 Å². The second-order valence-corrected chi connectivity index (χ2v) is 5.25. The molecule has 0 saturated heterocycles. The molecule has 2 unspecified atom stereocenters. The Bertz CT molecular complexity index is 261. The molecule has 1 aromatic heterocycles. The third kappa shape index (κ3) is 4.22. The topological polar surface area (TPSA) is 25.2 Å². The fraction of sp³-hybridized carbons (Fsp3) is 0.692. The molecule has 1 N–H and O–H groups in total. The number of rotatable bonds is 8. The van der Waals surface area contributed by atoms with Crippen molar-refractivity contribution < 1.29 is 4.42 Å². The number of hydrogen-bond donors (Lipinski definition) is 1. The van der Waals surface area contributed by atoms with Crippen LogP contribution in [0.2, 0.25) is 0 Å². The van der Waals surface area contributed by atoms with Gasteiger partial charge in [-0.15, -0.1) is 11.8 Å². The molecule has 16 heavy (non-hydrogen) atoms. The SMILES string of the molecule is CCCC(NC)C(CC)SCc1ccco1. The zero-order chi connectivity index (χ0) is 11.8. The van der Waals surface area contributed by atoms with Crippen LogP contribution >= 0.6 is 11.8 Å². The molecule has 1 heterocycles. The minimum absolute atomic E-state index is 0.620. The van der Waals surface area contributed by atoms with E-state index in [2.05, 4.69) is 26.2 Å². The maximum absolute atomic E-state index is 5.36. The Morgan fingerprint density at radius 1 is 1.44 bits per heavy atom. The Morgan fingerprint density at radius 2 is 2.25 bits per heavy atom. The molecule has 3 heteroatoms. The first-order valence-electron chi connectivity index (χ1n) is 6.13. The molecule has 92 valence electrons. The van der Waals surface area contributed by atoms with Crippen LogP contribution in [-0.4, -0.2) is 18.3 Å². The summed E-state index contributed by atoms with van der Waals surface area (Å²) in [7, 11) is 2.07. The van der Waals surface area contributed by atoms with Crippen molar-refractivity contribution in [3.8, 4) is 0 Å². The molecule has 0 saturated carbocycles. The molecule has 0 spiro atoms. The summed E-state index contributed by atoms with van der Waals surface area (Å²) in [6, 6.07) is 4.63. The molecule has 0 aliphatic carbocycles. The van der Waals surface area contributed by atoms with Crippen LogP contribution in [0.4, 0.5) is 0 Å². The van der Waals surface area contributed by atoms with Crippen molar-refractivity contribution in [3.05, 3.63) is 24.2 Å². The lowest BCUT2D eigenvalue weighted by Crippen LogP contribution is -2.35. The van der Waals surface area contributed by atoms with Gasteiger partial charge < -0.3 is 9.73 Å². The van der Waals surface area contributed by atoms with Crippen LogP contribution in [0.25, 0.3) is 0 Å². The lowest BCUT2D eigenvalue weighted by atomic mass is 10.1. The van der Waals surface area contributed by atoms with Gasteiger partial charge in [0.15, 0.2) is 0 Å². The van der Waals surface area contributed by atoms with Gasteiger partial charge in [-0.05, 0) is 32.0 Å². The third-order valence-electron chi connectivity index (χ3n) is 2.84. The summed E-state index contributed by atoms with van der Waals surface area (Å²) >= 11 is 2.00. The van der Waals surface area contributed by atoms with Crippen LogP contribution in [0.3, 0.4) is 0 Å². The molecule has 0 fully saturated rings. The first-order valence-corrected chi connectivity index (χ1v) is 7.17. The van der Waals surface area contributed by atoms with Gasteiger partial charge in [-0.3, -0.25) is 0 Å². The van der Waals surface area contributed by atoms with Crippen molar-refractivity contribution in [2.45, 2.75) is 50.2 Å². The zero-order valence-electron chi connectivity index (χ0n) is 10.5. The van der Waals surface area contributed by atoms with Gasteiger partial charge in [-0.1, -0.05) is 20.3 Å². The molecule has 0 aromatic carbocycles. The molecule has 2 nitrogen and oxygen atoms in total. The molecule has 0 aliphatic heterocycles. The van der Waals surface area contributed by atoms with E-state index in [1.807, 2.05) is 23.9 Å². The predicted molar refractivity (Wildman–Crippen MR) is 71.8 cm³/mol. The Kier molecular flexibility index (Phi) is 6.65. The van der Waals surface area contributed by atoms with E-state index in [-0.39, 0.29) is 0 Å². The minimum atomic E-state index is 0.620. The second-order valence-electron chi connectivity index (χ2n) is 4.02. The summed E-state index contributed by atoms with van der Waals surface area (Å²) in [6.07, 6.45) is 5.44. The van der Waals surface area contributed by atoms with Crippen LogP contribution < -0.4 is 5.32 Å². The Labute approximate surface area is 103 Å². The van der Waals surface area contributed by atoms with Crippen LogP contribution in [0.15, 0.2) is 22.8 Å². The first-order chi connectivity index (χ1) is 7.81. The van der Waals surface area contributed by atoms with E-state index >= 15 is 0 Å². The van der Waals surface area contributed by atoms with E-state index in [1.54, 1.807) is 6.26 Å². The highest BCUT2D eigenvalue weighted by Crippen LogP contribution is 2.25. The van der Waals surface area contributed by atoms with Gasteiger partial charge in [-0.2, -0.15) is 0 Å². The van der Waals surface area contributed by atoms with Crippen molar-refractivity contribution in [2.75, 3.05) is 7.05 Å². The third-order valence-corrected chi connectivity index (χ3v) is 4.38. The van der Waals surface area contributed by atoms with Crippen LogP contribution in [-0.2, 0) is 5.75 Å². The quantitative estimate of drug-likeness (QED) is 0.751. The maximum atomic E-state index is 5.36. The molecular weight excluding hydrogens is 218 g/mol. The largest absolute Gasteiger partial charge is 0.468 e. The normalized spacial score (nSPS) is 14.9. The average molecular weight is 241 g/mol. The van der Waals surface area contributed by atoms with Gasteiger partial charge in [0.05, 0.1) is 12.0 Å². The summed E-state index contributed by atoms with van der Waals surface area (Å²) in [5.41, 5.74) is 0. The van der Waals surface area contributed by atoms with E-state index in [9.17, 15) is 0 Å². The van der Waals surface area contributed by atoms with Gasteiger partial charge in [0.25, 0.3) is 0 Å². The number of thioether (sulfide) groups is 1. The molecule has 0 radical (unpaired) electrons. The fourth-order valence-corrected chi connectivity index (χ4v) is 3.21. The molecule has 0 amide bonds. The van der Waals surface area contributed by atoms with E-state index < -0.39 is 0 Å². The zero-order valence-corrected chi connectivity index (χ0v) is 11.3. The fourth-order valence-electron chi connectivity index (χ4n) is 1.93. The van der Waals surface area contributed by atoms with Crippen LogP contribution in [0.1, 0.15) is 38.9 Å². The Hall–Kier alpha value is -0.410. The predicted octanol–water partition coefficient (Wildman–Crippen LogP) is 3.68. The summed E-state index contributed by atoms with van der Waals surface area (Å²) in [5, 5.41) is 4.11. The van der Waals surface area contributed by atoms with Gasteiger partial charge in [-0.25, -0.2) is 0 Å². The Morgan fingerprint density at radius 3 is 2.75 bits per heavy atom. The van der Waals surface area contributed by atoms with E-state index in [0.717, 1.165) is 11.5 Å². The lowest BCUT2D eigenvalue weighted by Gasteiger charge is -2.24. The maximum Gasteiger partial charge on any atom is 0.113 e. The molecule has 0 bridgehead atoms. The second kappa shape index (κ2) is 7.80. The minimum Gasteiger partial charge on any atom is -0.468 e. The summed E-state index contributed by atoms with van der Waals surface area (Å²) in [5.74, 6) is 2.06. The summed E-state index contributed by atoms with van der Waals surface area (Å²) < 4.78 is 5.36. The molecular formula is C13H23NOS. The average Bonchev–Trinajstić information content (AvgIpc) is 2.81. The molecule has 2 atom stereocenters. The highest BCUT2D eigenvalue weighted by atomic mass is 32.2. The standard InChI is InChI=1S/C13H23NOS/c1-4-7-12(14-3)13(5-2)16-10-11-8-6-9-15-11/h6,8-9,12-14H,4-5,7,10H2,1-3H3. The number of hydrogen-bond acceptors (Lipinski definition) is 3.